The van der Waals surface area contributed by atoms with Crippen molar-refractivity contribution in [3.05, 3.63) is 12.5 Å². The standard InChI is InChI=1S/C10H17N3O2S/c14-16(15,10-8-11-9-12-10)13-6-4-2-1-3-5-7-13/h8-9H,1-7H2,(H,11,12). The van der Waals surface area contributed by atoms with E-state index in [-0.39, 0.29) is 5.03 Å². The van der Waals surface area contributed by atoms with Gasteiger partial charge in [0.2, 0.25) is 0 Å². The number of nitrogens with zero attached hydrogens (tertiary/aromatic N) is 2. The normalized spacial score (nSPS) is 20.2. The van der Waals surface area contributed by atoms with E-state index in [0.717, 1.165) is 25.7 Å². The molecule has 90 valence electrons. The second kappa shape index (κ2) is 4.97. The molecule has 5 nitrogen and oxygen atoms in total. The van der Waals surface area contributed by atoms with Crippen LogP contribution in [0.2, 0.25) is 0 Å². The van der Waals surface area contributed by atoms with Crippen molar-refractivity contribution in [1.29, 1.82) is 0 Å². The van der Waals surface area contributed by atoms with Crippen LogP contribution in [-0.2, 0) is 10.0 Å². The average Bonchev–Trinajstić information content (AvgIpc) is 2.68. The Balaban J connectivity index is 2.15. The first-order chi connectivity index (χ1) is 7.71. The minimum absolute atomic E-state index is 0.202. The molecule has 0 unspecified atom stereocenters. The fraction of sp³-hybridized carbons (Fsp3) is 0.700. The number of sulfonamides is 1. The Morgan fingerprint density at radius 2 is 1.75 bits per heavy atom. The maximum atomic E-state index is 12.2. The number of H-pyrrole nitrogens is 1. The van der Waals surface area contributed by atoms with Crippen molar-refractivity contribution in [2.24, 2.45) is 0 Å². The van der Waals surface area contributed by atoms with E-state index in [1.807, 2.05) is 0 Å². The second-order valence-corrected chi connectivity index (χ2v) is 5.99. The molecule has 0 saturated carbocycles. The van der Waals surface area contributed by atoms with E-state index in [9.17, 15) is 8.42 Å². The maximum absolute atomic E-state index is 12.2. The smallest absolute Gasteiger partial charge is 0.260 e. The van der Waals surface area contributed by atoms with Gasteiger partial charge in [-0.2, -0.15) is 4.31 Å². The van der Waals surface area contributed by atoms with Crippen LogP contribution >= 0.6 is 0 Å². The van der Waals surface area contributed by atoms with Crippen molar-refractivity contribution in [3.63, 3.8) is 0 Å². The lowest BCUT2D eigenvalue weighted by Crippen LogP contribution is -2.34. The van der Waals surface area contributed by atoms with E-state index in [1.54, 1.807) is 4.31 Å². The highest BCUT2D eigenvalue weighted by molar-refractivity contribution is 7.89. The first-order valence-corrected chi connectivity index (χ1v) is 7.14. The molecule has 1 fully saturated rings. The molecule has 1 aliphatic rings. The molecule has 0 spiro atoms. The van der Waals surface area contributed by atoms with Crippen LogP contribution in [0.3, 0.4) is 0 Å². The first kappa shape index (κ1) is 11.6. The number of rotatable bonds is 2. The molecule has 1 saturated heterocycles. The monoisotopic (exact) mass is 243 g/mol. The van der Waals surface area contributed by atoms with Gasteiger partial charge in [-0.15, -0.1) is 0 Å². The van der Waals surface area contributed by atoms with Crippen LogP contribution in [0.15, 0.2) is 17.6 Å². The fourth-order valence-electron chi connectivity index (χ4n) is 1.98. The van der Waals surface area contributed by atoms with Gasteiger partial charge in [0.05, 0.1) is 12.5 Å². The molecule has 2 rings (SSSR count). The Morgan fingerprint density at radius 3 is 2.31 bits per heavy atom. The van der Waals surface area contributed by atoms with Gasteiger partial charge in [-0.25, -0.2) is 13.4 Å². The molecule has 6 heteroatoms. The minimum Gasteiger partial charge on any atom is -0.335 e. The van der Waals surface area contributed by atoms with Crippen LogP contribution in [0.1, 0.15) is 32.1 Å². The average molecular weight is 243 g/mol. The Bertz CT molecular complexity index is 405. The highest BCUT2D eigenvalue weighted by Crippen LogP contribution is 2.17. The SMILES string of the molecule is O=S(=O)(c1cnc[nH]1)N1CCCCCCC1. The van der Waals surface area contributed by atoms with Crippen molar-refractivity contribution in [1.82, 2.24) is 14.3 Å². The summed E-state index contributed by atoms with van der Waals surface area (Å²) in [5.74, 6) is 0. The van der Waals surface area contributed by atoms with Gasteiger partial charge in [0, 0.05) is 13.1 Å². The molecule has 1 aromatic heterocycles. The molecule has 0 atom stereocenters. The molecular weight excluding hydrogens is 226 g/mol. The molecule has 1 N–H and O–H groups in total. The summed E-state index contributed by atoms with van der Waals surface area (Å²) in [6, 6.07) is 0. The second-order valence-electron chi connectivity index (χ2n) is 4.09. The molecule has 0 radical (unpaired) electrons. The number of nitrogens with one attached hydrogen (secondary N) is 1. The summed E-state index contributed by atoms with van der Waals surface area (Å²) < 4.78 is 25.9. The predicted octanol–water partition coefficient (Wildman–Crippen LogP) is 1.36. The third kappa shape index (κ3) is 2.44. The van der Waals surface area contributed by atoms with Crippen molar-refractivity contribution in [3.8, 4) is 0 Å². The summed E-state index contributed by atoms with van der Waals surface area (Å²) in [5, 5.41) is 0.202. The largest absolute Gasteiger partial charge is 0.335 e. The molecule has 0 amide bonds. The quantitative estimate of drug-likeness (QED) is 0.853. The van der Waals surface area contributed by atoms with E-state index in [2.05, 4.69) is 9.97 Å². The number of aromatic nitrogens is 2. The molecule has 2 heterocycles. The number of hydrogen-bond donors (Lipinski definition) is 1. The Morgan fingerprint density at radius 1 is 1.12 bits per heavy atom. The van der Waals surface area contributed by atoms with E-state index in [4.69, 9.17) is 0 Å². The van der Waals surface area contributed by atoms with E-state index in [1.165, 1.54) is 18.9 Å². The van der Waals surface area contributed by atoms with E-state index < -0.39 is 10.0 Å². The highest BCUT2D eigenvalue weighted by Gasteiger charge is 2.25. The van der Waals surface area contributed by atoms with Crippen LogP contribution in [0.5, 0.6) is 0 Å². The third-order valence-electron chi connectivity index (χ3n) is 2.91. The lowest BCUT2D eigenvalue weighted by molar-refractivity contribution is 0.363. The Kier molecular flexibility index (Phi) is 3.60. The zero-order valence-corrected chi connectivity index (χ0v) is 10.0. The number of aromatic amines is 1. The van der Waals surface area contributed by atoms with Crippen molar-refractivity contribution >= 4 is 10.0 Å². The highest BCUT2D eigenvalue weighted by atomic mass is 32.2. The van der Waals surface area contributed by atoms with Gasteiger partial charge in [0.25, 0.3) is 10.0 Å². The van der Waals surface area contributed by atoms with Gasteiger partial charge in [-0.05, 0) is 12.8 Å². The van der Waals surface area contributed by atoms with Gasteiger partial charge < -0.3 is 4.98 Å². The van der Waals surface area contributed by atoms with Crippen LogP contribution < -0.4 is 0 Å². The summed E-state index contributed by atoms with van der Waals surface area (Å²) >= 11 is 0. The topological polar surface area (TPSA) is 66.1 Å². The van der Waals surface area contributed by atoms with Crippen molar-refractivity contribution < 1.29 is 8.42 Å². The van der Waals surface area contributed by atoms with Crippen LogP contribution in [0.25, 0.3) is 0 Å². The summed E-state index contributed by atoms with van der Waals surface area (Å²) in [6.07, 6.45) is 8.13. The van der Waals surface area contributed by atoms with Crippen LogP contribution in [-0.4, -0.2) is 35.8 Å². The van der Waals surface area contributed by atoms with Crippen LogP contribution in [0.4, 0.5) is 0 Å². The predicted molar refractivity (Wildman–Crippen MR) is 60.4 cm³/mol. The maximum Gasteiger partial charge on any atom is 0.260 e. The lowest BCUT2D eigenvalue weighted by atomic mass is 10.1. The van der Waals surface area contributed by atoms with Crippen LogP contribution in [0, 0.1) is 0 Å². The van der Waals surface area contributed by atoms with Gasteiger partial charge in [0.15, 0.2) is 5.03 Å². The molecule has 1 aliphatic heterocycles. The van der Waals surface area contributed by atoms with Gasteiger partial charge in [-0.1, -0.05) is 19.3 Å². The summed E-state index contributed by atoms with van der Waals surface area (Å²) in [6.45, 7) is 1.25. The summed E-state index contributed by atoms with van der Waals surface area (Å²) in [7, 11) is -3.34. The molecular formula is C10H17N3O2S. The molecule has 0 bridgehead atoms. The molecule has 16 heavy (non-hydrogen) atoms. The number of imidazole rings is 1. The van der Waals surface area contributed by atoms with Crippen molar-refractivity contribution in [2.45, 2.75) is 37.1 Å². The fourth-order valence-corrected chi connectivity index (χ4v) is 3.39. The van der Waals surface area contributed by atoms with E-state index >= 15 is 0 Å². The Hall–Kier alpha value is -0.880. The zero-order chi connectivity index (χ0) is 11.4. The van der Waals surface area contributed by atoms with E-state index in [0.29, 0.717) is 13.1 Å². The molecule has 0 aliphatic carbocycles. The van der Waals surface area contributed by atoms with Crippen molar-refractivity contribution in [2.75, 3.05) is 13.1 Å². The van der Waals surface area contributed by atoms with Gasteiger partial charge >= 0.3 is 0 Å². The molecule has 0 aromatic carbocycles. The molecule has 1 aromatic rings. The summed E-state index contributed by atoms with van der Waals surface area (Å²) in [4.78, 5) is 6.43. The zero-order valence-electron chi connectivity index (χ0n) is 9.22. The first-order valence-electron chi connectivity index (χ1n) is 5.70. The minimum atomic E-state index is -3.34. The number of hydrogen-bond acceptors (Lipinski definition) is 3. The third-order valence-corrected chi connectivity index (χ3v) is 4.73. The Labute approximate surface area is 95.9 Å². The lowest BCUT2D eigenvalue weighted by Gasteiger charge is -2.23. The van der Waals surface area contributed by atoms with Gasteiger partial charge in [0.1, 0.15) is 0 Å². The summed E-state index contributed by atoms with van der Waals surface area (Å²) in [5.41, 5.74) is 0. The van der Waals surface area contributed by atoms with Gasteiger partial charge in [-0.3, -0.25) is 0 Å².